The maximum absolute atomic E-state index is 13.9. The van der Waals surface area contributed by atoms with E-state index in [0.717, 1.165) is 38.2 Å². The van der Waals surface area contributed by atoms with Crippen LogP contribution < -0.4 is 21.9 Å². The monoisotopic (exact) mass is 498 g/mol. The predicted octanol–water partition coefficient (Wildman–Crippen LogP) is 2.50. The Hall–Kier alpha value is -4.12. The van der Waals surface area contributed by atoms with Gasteiger partial charge in [0.25, 0.3) is 5.56 Å². The molecule has 0 radical (unpaired) electrons. The van der Waals surface area contributed by atoms with Gasteiger partial charge in [-0.3, -0.25) is 19.0 Å². The number of fused-ring (bicyclic) bond motifs is 1. The van der Waals surface area contributed by atoms with Gasteiger partial charge in [0.05, 0.1) is 11.2 Å². The van der Waals surface area contributed by atoms with Gasteiger partial charge in [0.1, 0.15) is 29.4 Å². The molecular formula is C24H20F2N4O4S. The van der Waals surface area contributed by atoms with Gasteiger partial charge < -0.3 is 10.6 Å². The summed E-state index contributed by atoms with van der Waals surface area (Å²) in [5.41, 5.74) is -0.498. The molecule has 0 atom stereocenters. The predicted molar refractivity (Wildman–Crippen MR) is 128 cm³/mol. The maximum atomic E-state index is 13.9. The minimum Gasteiger partial charge on any atom is -0.354 e. The molecule has 8 nitrogen and oxygen atoms in total. The van der Waals surface area contributed by atoms with E-state index in [0.29, 0.717) is 19.0 Å². The van der Waals surface area contributed by atoms with Gasteiger partial charge in [-0.05, 0) is 35.6 Å². The maximum Gasteiger partial charge on any atom is 0.332 e. The molecule has 11 heteroatoms. The zero-order valence-corrected chi connectivity index (χ0v) is 19.1. The molecule has 0 aliphatic carbocycles. The summed E-state index contributed by atoms with van der Waals surface area (Å²) >= 11 is 1.07. The largest absolute Gasteiger partial charge is 0.354 e. The highest BCUT2D eigenvalue weighted by Gasteiger charge is 2.19. The second-order valence-electron chi connectivity index (χ2n) is 7.65. The molecule has 4 aromatic rings. The topological polar surface area (TPSA) is 102 Å². The molecule has 2 aromatic heterocycles. The van der Waals surface area contributed by atoms with Crippen LogP contribution in [0.15, 0.2) is 69.6 Å². The molecule has 0 aliphatic heterocycles. The molecule has 35 heavy (non-hydrogen) atoms. The highest BCUT2D eigenvalue weighted by molar-refractivity contribution is 7.17. The summed E-state index contributed by atoms with van der Waals surface area (Å²) in [4.78, 5) is 50.9. The SMILES string of the molecule is O=C(Cn1c(=O)c2sccc2n(CC(=O)Nc2ccc(F)cc2F)c1=O)NCCc1ccccc1. The van der Waals surface area contributed by atoms with E-state index in [1.54, 1.807) is 5.38 Å². The minimum atomic E-state index is -0.969. The van der Waals surface area contributed by atoms with E-state index in [-0.39, 0.29) is 15.9 Å². The Bertz CT molecular complexity index is 1510. The molecule has 2 heterocycles. The van der Waals surface area contributed by atoms with Crippen molar-refractivity contribution in [3.8, 4) is 0 Å². The second-order valence-corrected chi connectivity index (χ2v) is 8.57. The molecule has 4 rings (SSSR count). The number of anilines is 1. The first-order valence-electron chi connectivity index (χ1n) is 10.6. The van der Waals surface area contributed by atoms with Gasteiger partial charge in [0.15, 0.2) is 0 Å². The Morgan fingerprint density at radius 3 is 2.40 bits per heavy atom. The van der Waals surface area contributed by atoms with E-state index in [9.17, 15) is 28.0 Å². The van der Waals surface area contributed by atoms with E-state index in [4.69, 9.17) is 0 Å². The van der Waals surface area contributed by atoms with E-state index in [2.05, 4.69) is 10.6 Å². The fourth-order valence-electron chi connectivity index (χ4n) is 3.54. The van der Waals surface area contributed by atoms with Crippen LogP contribution in [0.5, 0.6) is 0 Å². The minimum absolute atomic E-state index is 0.197. The summed E-state index contributed by atoms with van der Waals surface area (Å²) in [7, 11) is 0. The van der Waals surface area contributed by atoms with Gasteiger partial charge >= 0.3 is 5.69 Å². The third-order valence-electron chi connectivity index (χ3n) is 5.22. The summed E-state index contributed by atoms with van der Waals surface area (Å²) in [5.74, 6) is -3.06. The highest BCUT2D eigenvalue weighted by atomic mass is 32.1. The fourth-order valence-corrected chi connectivity index (χ4v) is 4.38. The van der Waals surface area contributed by atoms with Crippen LogP contribution in [0.3, 0.4) is 0 Å². The first-order chi connectivity index (χ1) is 16.8. The summed E-state index contributed by atoms with van der Waals surface area (Å²) in [6.07, 6.45) is 0.579. The Morgan fingerprint density at radius 2 is 1.66 bits per heavy atom. The molecule has 0 aliphatic rings. The van der Waals surface area contributed by atoms with Gasteiger partial charge in [-0.15, -0.1) is 11.3 Å². The number of aromatic nitrogens is 2. The Balaban J connectivity index is 1.53. The quantitative estimate of drug-likeness (QED) is 0.390. The van der Waals surface area contributed by atoms with Gasteiger partial charge in [-0.2, -0.15) is 0 Å². The molecule has 2 aromatic carbocycles. The van der Waals surface area contributed by atoms with E-state index < -0.39 is 47.8 Å². The zero-order valence-electron chi connectivity index (χ0n) is 18.3. The normalized spacial score (nSPS) is 10.9. The number of halogens is 2. The van der Waals surface area contributed by atoms with Crippen LogP contribution in [0.1, 0.15) is 5.56 Å². The summed E-state index contributed by atoms with van der Waals surface area (Å²) in [5, 5.41) is 6.56. The number of carbonyl (C=O) groups excluding carboxylic acids is 2. The first kappa shape index (κ1) is 24.0. The van der Waals surface area contributed by atoms with Crippen LogP contribution in [-0.4, -0.2) is 27.5 Å². The van der Waals surface area contributed by atoms with Gasteiger partial charge in [0.2, 0.25) is 11.8 Å². The number of nitrogens with zero attached hydrogens (tertiary/aromatic N) is 2. The number of amides is 2. The van der Waals surface area contributed by atoms with E-state index >= 15 is 0 Å². The van der Waals surface area contributed by atoms with Crippen LogP contribution in [0.4, 0.5) is 14.5 Å². The highest BCUT2D eigenvalue weighted by Crippen LogP contribution is 2.17. The van der Waals surface area contributed by atoms with Crippen molar-refractivity contribution in [3.05, 3.63) is 98.0 Å². The lowest BCUT2D eigenvalue weighted by molar-refractivity contribution is -0.121. The van der Waals surface area contributed by atoms with Crippen molar-refractivity contribution in [2.45, 2.75) is 19.5 Å². The number of carbonyl (C=O) groups is 2. The summed E-state index contributed by atoms with van der Waals surface area (Å²) in [6.45, 7) is -0.744. The number of hydrogen-bond acceptors (Lipinski definition) is 5. The number of rotatable bonds is 8. The Morgan fingerprint density at radius 1 is 0.914 bits per heavy atom. The van der Waals surface area contributed by atoms with Gasteiger partial charge in [-0.1, -0.05) is 30.3 Å². The van der Waals surface area contributed by atoms with E-state index in [1.807, 2.05) is 30.3 Å². The Labute approximate surface area is 201 Å². The molecule has 0 spiro atoms. The average molecular weight is 499 g/mol. The molecule has 0 saturated carbocycles. The van der Waals surface area contributed by atoms with Gasteiger partial charge in [-0.25, -0.2) is 18.1 Å². The molecule has 180 valence electrons. The van der Waals surface area contributed by atoms with Crippen LogP contribution in [0.25, 0.3) is 10.2 Å². The van der Waals surface area contributed by atoms with E-state index in [1.165, 1.54) is 6.07 Å². The van der Waals surface area contributed by atoms with Crippen molar-refractivity contribution >= 4 is 39.1 Å². The number of hydrogen-bond donors (Lipinski definition) is 2. The van der Waals surface area contributed by atoms with Crippen molar-refractivity contribution in [2.24, 2.45) is 0 Å². The van der Waals surface area contributed by atoms with Crippen molar-refractivity contribution < 1.29 is 18.4 Å². The number of nitrogens with one attached hydrogen (secondary N) is 2. The average Bonchev–Trinajstić information content (AvgIpc) is 3.32. The first-order valence-corrected chi connectivity index (χ1v) is 11.5. The standard InChI is InChI=1S/C24H20F2N4O4S/c25-16-6-7-18(17(26)12-16)28-21(32)14-29-19-9-11-35-22(19)23(33)30(24(29)34)13-20(31)27-10-8-15-4-2-1-3-5-15/h1-7,9,11-12H,8,10,13-14H2,(H,27,31)(H,28,32). The zero-order chi connectivity index (χ0) is 24.9. The van der Waals surface area contributed by atoms with Crippen molar-refractivity contribution in [3.63, 3.8) is 0 Å². The fraction of sp³-hybridized carbons (Fsp3) is 0.167. The third kappa shape index (κ3) is 5.52. The third-order valence-corrected chi connectivity index (χ3v) is 6.12. The molecule has 0 unspecified atom stereocenters. The second kappa shape index (κ2) is 10.4. The molecule has 2 amide bonds. The number of benzene rings is 2. The van der Waals surface area contributed by atoms with Crippen molar-refractivity contribution in [1.29, 1.82) is 0 Å². The van der Waals surface area contributed by atoms with Gasteiger partial charge in [0, 0.05) is 12.6 Å². The molecule has 2 N–H and O–H groups in total. The lowest BCUT2D eigenvalue weighted by Gasteiger charge is -2.13. The van der Waals surface area contributed by atoms with Crippen LogP contribution in [0, 0.1) is 11.6 Å². The molecular weight excluding hydrogens is 478 g/mol. The molecule has 0 bridgehead atoms. The van der Waals surface area contributed by atoms with Crippen LogP contribution >= 0.6 is 11.3 Å². The van der Waals surface area contributed by atoms with Crippen molar-refractivity contribution in [2.75, 3.05) is 11.9 Å². The summed E-state index contributed by atoms with van der Waals surface area (Å²) in [6, 6.07) is 13.7. The lowest BCUT2D eigenvalue weighted by atomic mass is 10.1. The number of thiophene rings is 1. The van der Waals surface area contributed by atoms with Crippen molar-refractivity contribution in [1.82, 2.24) is 14.5 Å². The smallest absolute Gasteiger partial charge is 0.332 e. The lowest BCUT2D eigenvalue weighted by Crippen LogP contribution is -2.44. The summed E-state index contributed by atoms with van der Waals surface area (Å²) < 4.78 is 29.0. The molecule has 0 saturated heterocycles. The molecule has 0 fully saturated rings. The van der Waals surface area contributed by atoms with Crippen LogP contribution in [0.2, 0.25) is 0 Å². The Kier molecular flexibility index (Phi) is 7.16. The van der Waals surface area contributed by atoms with Crippen LogP contribution in [-0.2, 0) is 29.1 Å².